The highest BCUT2D eigenvalue weighted by Gasteiger charge is 2.25. The van der Waals surface area contributed by atoms with E-state index in [0.717, 1.165) is 36.1 Å². The van der Waals surface area contributed by atoms with E-state index in [1.54, 1.807) is 22.8 Å². The van der Waals surface area contributed by atoms with Crippen molar-refractivity contribution < 1.29 is 19.8 Å². The van der Waals surface area contributed by atoms with E-state index in [0.29, 0.717) is 29.0 Å². The normalized spacial score (nSPS) is 13.8. The Morgan fingerprint density at radius 3 is 2.46 bits per heavy atom. The summed E-state index contributed by atoms with van der Waals surface area (Å²) in [4.78, 5) is 38.1. The highest BCUT2D eigenvalue weighted by molar-refractivity contribution is 6.31. The number of benzene rings is 2. The molecule has 1 aromatic heterocycles. The number of hydrogen-bond acceptors (Lipinski definition) is 4. The number of urea groups is 1. The van der Waals surface area contributed by atoms with Crippen LogP contribution in [0.25, 0.3) is 0 Å². The zero-order valence-corrected chi connectivity index (χ0v) is 21.3. The maximum absolute atomic E-state index is 13.6. The summed E-state index contributed by atoms with van der Waals surface area (Å²) < 4.78 is 1.58. The molecule has 0 fully saturated rings. The third kappa shape index (κ3) is 6.14. The lowest BCUT2D eigenvalue weighted by atomic mass is 10.0. The second-order valence-corrected chi connectivity index (χ2v) is 9.76. The Balaban J connectivity index is 1.69. The van der Waals surface area contributed by atoms with Crippen LogP contribution in [-0.4, -0.2) is 26.8 Å². The van der Waals surface area contributed by atoms with Crippen LogP contribution in [0, 0.1) is 6.92 Å². The first-order valence-corrected chi connectivity index (χ1v) is 12.7. The molecule has 0 bridgehead atoms. The molecule has 37 heavy (non-hydrogen) atoms. The Morgan fingerprint density at radius 1 is 1.05 bits per heavy atom. The van der Waals surface area contributed by atoms with Crippen LogP contribution in [-0.2, 0) is 24.2 Å². The Hall–Kier alpha value is -3.78. The zero-order chi connectivity index (χ0) is 26.5. The fourth-order valence-corrected chi connectivity index (χ4v) is 4.93. The topological polar surface area (TPSA) is 121 Å². The largest absolute Gasteiger partial charge is 0.505 e. The van der Waals surface area contributed by atoms with Gasteiger partial charge in [0.15, 0.2) is 5.69 Å². The fourth-order valence-electron chi connectivity index (χ4n) is 4.74. The van der Waals surface area contributed by atoms with E-state index in [9.17, 15) is 24.6 Å². The second kappa shape index (κ2) is 11.5. The Morgan fingerprint density at radius 2 is 1.76 bits per heavy atom. The molecule has 1 aliphatic carbocycles. The number of hydrogen-bond donors (Lipinski definition) is 4. The number of nitrogens with zero attached hydrogens (tertiary/aromatic N) is 1. The number of amides is 2. The lowest BCUT2D eigenvalue weighted by Crippen LogP contribution is -2.37. The molecule has 8 nitrogen and oxygen atoms in total. The van der Waals surface area contributed by atoms with Crippen LogP contribution in [0.2, 0.25) is 5.02 Å². The van der Waals surface area contributed by atoms with Gasteiger partial charge in [0, 0.05) is 16.3 Å². The number of aromatic hydroxyl groups is 1. The van der Waals surface area contributed by atoms with Crippen molar-refractivity contribution in [3.63, 3.8) is 0 Å². The van der Waals surface area contributed by atoms with Crippen LogP contribution in [0.3, 0.4) is 0 Å². The molecule has 3 aromatic rings. The number of pyridine rings is 1. The Kier molecular flexibility index (Phi) is 8.18. The number of carbonyl (C=O) groups excluding carboxylic acids is 1. The quantitative estimate of drug-likeness (QED) is 0.318. The van der Waals surface area contributed by atoms with Crippen molar-refractivity contribution in [2.75, 3.05) is 5.32 Å². The van der Waals surface area contributed by atoms with Crippen molar-refractivity contribution in [1.82, 2.24) is 9.88 Å². The number of fused-ring (bicyclic) bond motifs is 1. The highest BCUT2D eigenvalue weighted by Crippen LogP contribution is 2.33. The molecule has 1 aliphatic rings. The van der Waals surface area contributed by atoms with E-state index in [4.69, 9.17) is 11.6 Å². The minimum absolute atomic E-state index is 0.197. The van der Waals surface area contributed by atoms with Gasteiger partial charge in [-0.1, -0.05) is 66.0 Å². The molecule has 1 atom stereocenters. The van der Waals surface area contributed by atoms with Gasteiger partial charge in [0.05, 0.1) is 19.0 Å². The van der Waals surface area contributed by atoms with E-state index in [2.05, 4.69) is 10.6 Å². The SMILES string of the molecule is Cc1ccc([C@H](CC(=O)O)NC(=O)Nc2c(O)c3c(n(Cc4ccccc4Cl)c2=O)CCCCC3)cc1. The lowest BCUT2D eigenvalue weighted by molar-refractivity contribution is -0.137. The van der Waals surface area contributed by atoms with Crippen LogP contribution in [0.1, 0.15) is 59.7 Å². The maximum atomic E-state index is 13.6. The number of anilines is 1. The molecule has 2 amide bonds. The summed E-state index contributed by atoms with van der Waals surface area (Å²) in [6.45, 7) is 2.10. The van der Waals surface area contributed by atoms with Crippen molar-refractivity contribution in [2.24, 2.45) is 0 Å². The Labute approximate surface area is 219 Å². The first kappa shape index (κ1) is 26.3. The van der Waals surface area contributed by atoms with Gasteiger partial charge in [-0.3, -0.25) is 9.59 Å². The zero-order valence-electron chi connectivity index (χ0n) is 20.6. The molecule has 0 saturated heterocycles. The lowest BCUT2D eigenvalue weighted by Gasteiger charge is -2.22. The number of nitrogens with one attached hydrogen (secondary N) is 2. The minimum Gasteiger partial charge on any atom is -0.505 e. The molecule has 9 heteroatoms. The third-order valence-electron chi connectivity index (χ3n) is 6.68. The van der Waals surface area contributed by atoms with Gasteiger partial charge >= 0.3 is 12.0 Å². The molecule has 194 valence electrons. The number of carbonyl (C=O) groups is 2. The summed E-state index contributed by atoms with van der Waals surface area (Å²) in [6.07, 6.45) is 3.56. The standard InChI is InChI=1S/C28H30ClN3O5/c1-17-11-13-18(14-12-17)22(15-24(33)34)30-28(37)31-25-26(35)20-8-3-2-4-10-23(20)32(27(25)36)16-19-7-5-6-9-21(19)29/h5-7,9,11-14,22,35H,2-4,8,10,15-16H2,1H3,(H,33,34)(H2,30,31,37)/t22-/m0/s1. The van der Waals surface area contributed by atoms with Crippen LogP contribution >= 0.6 is 11.6 Å². The smallest absolute Gasteiger partial charge is 0.319 e. The molecule has 0 unspecified atom stereocenters. The van der Waals surface area contributed by atoms with E-state index < -0.39 is 23.6 Å². The molecule has 4 rings (SSSR count). The molecule has 1 heterocycles. The van der Waals surface area contributed by atoms with E-state index in [1.165, 1.54) is 0 Å². The summed E-state index contributed by atoms with van der Waals surface area (Å²) in [5, 5.41) is 26.1. The molecule has 4 N–H and O–H groups in total. The summed E-state index contributed by atoms with van der Waals surface area (Å²) in [5.41, 5.74) is 2.97. The van der Waals surface area contributed by atoms with Crippen LogP contribution < -0.4 is 16.2 Å². The monoisotopic (exact) mass is 523 g/mol. The van der Waals surface area contributed by atoms with Gasteiger partial charge in [0.25, 0.3) is 5.56 Å². The minimum atomic E-state index is -1.08. The highest BCUT2D eigenvalue weighted by atomic mass is 35.5. The summed E-state index contributed by atoms with van der Waals surface area (Å²) >= 11 is 6.37. The van der Waals surface area contributed by atoms with Crippen LogP contribution in [0.5, 0.6) is 5.75 Å². The fraction of sp³-hybridized carbons (Fsp3) is 0.321. The maximum Gasteiger partial charge on any atom is 0.319 e. The number of aliphatic carboxylic acids is 1. The number of aryl methyl sites for hydroxylation is 1. The third-order valence-corrected chi connectivity index (χ3v) is 7.05. The van der Waals surface area contributed by atoms with Gasteiger partial charge in [-0.2, -0.15) is 0 Å². The molecule has 0 radical (unpaired) electrons. The van der Waals surface area contributed by atoms with Gasteiger partial charge in [0.2, 0.25) is 0 Å². The average molecular weight is 524 g/mol. The molecular weight excluding hydrogens is 494 g/mol. The van der Waals surface area contributed by atoms with Crippen LogP contribution in [0.4, 0.5) is 10.5 Å². The number of aromatic nitrogens is 1. The van der Waals surface area contributed by atoms with Crippen molar-refractivity contribution in [3.8, 4) is 5.75 Å². The Bertz CT molecular complexity index is 1370. The van der Waals surface area contributed by atoms with Crippen molar-refractivity contribution in [3.05, 3.63) is 91.9 Å². The van der Waals surface area contributed by atoms with Gasteiger partial charge in [-0.25, -0.2) is 4.79 Å². The number of carboxylic acids is 1. The average Bonchev–Trinajstić information content (AvgIpc) is 3.12. The van der Waals surface area contributed by atoms with E-state index in [-0.39, 0.29) is 24.4 Å². The van der Waals surface area contributed by atoms with Crippen molar-refractivity contribution in [1.29, 1.82) is 0 Å². The first-order valence-electron chi connectivity index (χ1n) is 12.3. The molecule has 2 aromatic carbocycles. The van der Waals surface area contributed by atoms with Gasteiger partial charge in [-0.05, 0) is 49.8 Å². The first-order chi connectivity index (χ1) is 17.7. The predicted octanol–water partition coefficient (Wildman–Crippen LogP) is 5.17. The molecule has 0 spiro atoms. The van der Waals surface area contributed by atoms with Gasteiger partial charge in [-0.15, -0.1) is 0 Å². The van der Waals surface area contributed by atoms with Gasteiger partial charge < -0.3 is 25.4 Å². The molecule has 0 aliphatic heterocycles. The summed E-state index contributed by atoms with van der Waals surface area (Å²) in [6, 6.07) is 12.8. The summed E-state index contributed by atoms with van der Waals surface area (Å²) in [5.74, 6) is -1.32. The van der Waals surface area contributed by atoms with Crippen molar-refractivity contribution >= 4 is 29.3 Å². The number of rotatable bonds is 7. The second-order valence-electron chi connectivity index (χ2n) is 9.35. The van der Waals surface area contributed by atoms with Gasteiger partial charge in [0.1, 0.15) is 5.75 Å². The van der Waals surface area contributed by atoms with E-state index >= 15 is 0 Å². The van der Waals surface area contributed by atoms with Crippen molar-refractivity contribution in [2.45, 2.75) is 58.0 Å². The van der Waals surface area contributed by atoms with Crippen LogP contribution in [0.15, 0.2) is 53.3 Å². The predicted molar refractivity (Wildman–Crippen MR) is 143 cm³/mol. The molecular formula is C28H30ClN3O5. The summed E-state index contributed by atoms with van der Waals surface area (Å²) in [7, 11) is 0. The van der Waals surface area contributed by atoms with E-state index in [1.807, 2.05) is 37.3 Å². The number of carboxylic acid groups (broad SMARTS) is 1. The number of halogens is 1. The molecule has 0 saturated carbocycles.